The largest absolute Gasteiger partial charge is 0.573 e. The minimum Gasteiger partial charge on any atom is -0.490 e. The average Bonchev–Trinajstić information content (AvgIpc) is 3.59. The van der Waals surface area contributed by atoms with Crippen LogP contribution in [0.1, 0.15) is 37.4 Å². The molecule has 0 bridgehead atoms. The second kappa shape index (κ2) is 10.9. The van der Waals surface area contributed by atoms with E-state index in [1.165, 1.54) is 40.0 Å². The van der Waals surface area contributed by atoms with E-state index >= 15 is 0 Å². The summed E-state index contributed by atoms with van der Waals surface area (Å²) >= 11 is 1.31. The van der Waals surface area contributed by atoms with E-state index in [1.54, 1.807) is 17.7 Å². The van der Waals surface area contributed by atoms with E-state index in [0.29, 0.717) is 46.8 Å². The Labute approximate surface area is 220 Å². The molecule has 0 unspecified atom stereocenters. The van der Waals surface area contributed by atoms with E-state index in [-0.39, 0.29) is 16.9 Å². The van der Waals surface area contributed by atoms with Gasteiger partial charge in [-0.3, -0.25) is 9.20 Å². The lowest BCUT2D eigenvalue weighted by molar-refractivity contribution is -0.274. The van der Waals surface area contributed by atoms with Crippen molar-refractivity contribution in [1.29, 1.82) is 0 Å². The molecule has 2 heterocycles. The second-order valence-corrected chi connectivity index (χ2v) is 9.79. The minimum atomic E-state index is -4.80. The number of thiazole rings is 1. The first-order valence-electron chi connectivity index (χ1n) is 12.2. The maximum absolute atomic E-state index is 13.4. The molecule has 0 saturated heterocycles. The Morgan fingerprint density at radius 1 is 1.11 bits per heavy atom. The summed E-state index contributed by atoms with van der Waals surface area (Å²) in [4.78, 5) is 18.6. The van der Waals surface area contributed by atoms with Crippen molar-refractivity contribution >= 4 is 28.4 Å². The van der Waals surface area contributed by atoms with E-state index in [2.05, 4.69) is 9.72 Å². The minimum absolute atomic E-state index is 0.259. The van der Waals surface area contributed by atoms with Crippen LogP contribution in [0.5, 0.6) is 17.2 Å². The third-order valence-electron chi connectivity index (χ3n) is 5.92. The van der Waals surface area contributed by atoms with Gasteiger partial charge in [-0.25, -0.2) is 4.98 Å². The zero-order valence-corrected chi connectivity index (χ0v) is 21.3. The topological polar surface area (TPSA) is 62.1 Å². The highest BCUT2D eigenvalue weighted by molar-refractivity contribution is 7.15. The summed E-state index contributed by atoms with van der Waals surface area (Å²) in [5.41, 5.74) is 1.50. The van der Waals surface area contributed by atoms with Gasteiger partial charge in [0.15, 0.2) is 16.5 Å². The first kappa shape index (κ1) is 25.8. The van der Waals surface area contributed by atoms with Gasteiger partial charge in [0.2, 0.25) is 0 Å². The molecule has 0 atom stereocenters. The van der Waals surface area contributed by atoms with Crippen LogP contribution in [0.2, 0.25) is 0 Å². The molecule has 38 heavy (non-hydrogen) atoms. The van der Waals surface area contributed by atoms with E-state index < -0.39 is 6.36 Å². The lowest BCUT2D eigenvalue weighted by Gasteiger charge is -2.15. The Hall–Kier alpha value is -3.79. The van der Waals surface area contributed by atoms with E-state index in [1.807, 2.05) is 31.2 Å². The number of para-hydroxylation sites is 1. The van der Waals surface area contributed by atoms with Gasteiger partial charge in [0.1, 0.15) is 5.75 Å². The maximum Gasteiger partial charge on any atom is 0.573 e. The Morgan fingerprint density at radius 2 is 1.89 bits per heavy atom. The molecule has 0 radical (unpaired) electrons. The predicted molar refractivity (Wildman–Crippen MR) is 141 cm³/mol. The lowest BCUT2D eigenvalue weighted by atomic mass is 10.0. The monoisotopic (exact) mass is 542 g/mol. The molecule has 198 valence electrons. The molecule has 0 aliphatic heterocycles. The number of fused-ring (bicyclic) bond motifs is 1. The van der Waals surface area contributed by atoms with Crippen LogP contribution in [0, 0.1) is 5.92 Å². The number of aromatic nitrogens is 2. The van der Waals surface area contributed by atoms with Crippen molar-refractivity contribution in [1.82, 2.24) is 9.38 Å². The number of ether oxygens (including phenoxy) is 3. The van der Waals surface area contributed by atoms with Crippen molar-refractivity contribution in [3.63, 3.8) is 0 Å². The Balaban J connectivity index is 1.54. The zero-order chi connectivity index (χ0) is 26.7. The van der Waals surface area contributed by atoms with E-state index in [0.717, 1.165) is 24.8 Å². The number of halogens is 3. The van der Waals surface area contributed by atoms with Gasteiger partial charge in [0, 0.05) is 17.1 Å². The van der Waals surface area contributed by atoms with Gasteiger partial charge in [-0.15, -0.1) is 24.5 Å². The summed E-state index contributed by atoms with van der Waals surface area (Å²) in [7, 11) is 0. The third-order valence-corrected chi connectivity index (χ3v) is 6.68. The fourth-order valence-corrected chi connectivity index (χ4v) is 4.62. The normalized spacial score (nSPS) is 13.8. The summed E-state index contributed by atoms with van der Waals surface area (Å²) in [6.07, 6.45) is 3.50. The molecule has 0 amide bonds. The Morgan fingerprint density at radius 3 is 2.61 bits per heavy atom. The molecule has 5 rings (SSSR count). The molecular formula is C28H25F3N2O4S. The standard InChI is InChI=1S/C28H25F3N2O4S/c1-2-15-35-23-5-3-4-20(25(23)36-17-18-6-7-18)10-13-22-24(26(34)33-14-16-38-27(33)32-22)19-8-11-21(12-9-19)37-28(29,30)31/h3-5,8-14,16,18H,2,6-7,15,17H2,1H3/b13-10+. The number of nitrogens with zero attached hydrogens (tertiary/aromatic N) is 2. The molecule has 1 aliphatic rings. The highest BCUT2D eigenvalue weighted by Crippen LogP contribution is 2.36. The molecule has 1 aliphatic carbocycles. The van der Waals surface area contributed by atoms with Gasteiger partial charge in [0.05, 0.1) is 24.5 Å². The van der Waals surface area contributed by atoms with Crippen molar-refractivity contribution in [2.45, 2.75) is 32.5 Å². The molecule has 0 spiro atoms. The third kappa shape index (κ3) is 6.02. The molecule has 1 fully saturated rings. The van der Waals surface area contributed by atoms with Gasteiger partial charge in [-0.1, -0.05) is 31.2 Å². The molecule has 0 N–H and O–H groups in total. The van der Waals surface area contributed by atoms with Crippen molar-refractivity contribution < 1.29 is 27.4 Å². The summed E-state index contributed by atoms with van der Waals surface area (Å²) in [6.45, 7) is 3.19. The predicted octanol–water partition coefficient (Wildman–Crippen LogP) is 7.07. The quantitative estimate of drug-likeness (QED) is 0.215. The molecular weight excluding hydrogens is 517 g/mol. The number of hydrogen-bond donors (Lipinski definition) is 0. The van der Waals surface area contributed by atoms with Crippen molar-refractivity contribution in [2.75, 3.05) is 13.2 Å². The summed E-state index contributed by atoms with van der Waals surface area (Å²) < 4.78 is 55.3. The van der Waals surface area contributed by atoms with Crippen molar-refractivity contribution in [3.8, 4) is 28.4 Å². The van der Waals surface area contributed by atoms with Crippen LogP contribution >= 0.6 is 11.3 Å². The highest BCUT2D eigenvalue weighted by Gasteiger charge is 2.31. The van der Waals surface area contributed by atoms with Crippen LogP contribution in [0.15, 0.2) is 58.8 Å². The van der Waals surface area contributed by atoms with E-state index in [4.69, 9.17) is 9.47 Å². The molecule has 6 nitrogen and oxygen atoms in total. The number of hydrogen-bond acceptors (Lipinski definition) is 6. The molecule has 2 aromatic heterocycles. The Kier molecular flexibility index (Phi) is 7.42. The van der Waals surface area contributed by atoms with Crippen molar-refractivity contribution in [2.24, 2.45) is 5.92 Å². The van der Waals surface area contributed by atoms with Crippen LogP contribution < -0.4 is 19.8 Å². The zero-order valence-electron chi connectivity index (χ0n) is 20.5. The first-order chi connectivity index (χ1) is 18.3. The second-order valence-electron chi connectivity index (χ2n) is 8.92. The molecule has 10 heteroatoms. The first-order valence-corrected chi connectivity index (χ1v) is 13.1. The Bertz CT molecular complexity index is 1510. The number of alkyl halides is 3. The fraction of sp³-hybridized carbons (Fsp3) is 0.286. The van der Waals surface area contributed by atoms with Crippen LogP contribution in [0.25, 0.3) is 28.2 Å². The summed E-state index contributed by atoms with van der Waals surface area (Å²) in [5, 5.41) is 1.75. The van der Waals surface area contributed by atoms with Gasteiger partial charge in [-0.2, -0.15) is 0 Å². The van der Waals surface area contributed by atoms with Gasteiger partial charge >= 0.3 is 6.36 Å². The lowest BCUT2D eigenvalue weighted by Crippen LogP contribution is -2.18. The summed E-state index contributed by atoms with van der Waals surface area (Å²) in [6, 6.07) is 10.8. The highest BCUT2D eigenvalue weighted by atomic mass is 32.1. The van der Waals surface area contributed by atoms with Crippen LogP contribution in [0.4, 0.5) is 13.2 Å². The van der Waals surface area contributed by atoms with Gasteiger partial charge in [0.25, 0.3) is 5.56 Å². The average molecular weight is 543 g/mol. The van der Waals surface area contributed by atoms with Crippen LogP contribution in [0.3, 0.4) is 0 Å². The van der Waals surface area contributed by atoms with Gasteiger partial charge < -0.3 is 14.2 Å². The maximum atomic E-state index is 13.4. The smallest absolute Gasteiger partial charge is 0.490 e. The number of benzene rings is 2. The molecule has 1 saturated carbocycles. The number of rotatable bonds is 10. The molecule has 2 aromatic carbocycles. The SMILES string of the molecule is CCCOc1cccc(/C=C/c2nc3sccn3c(=O)c2-c2ccc(OC(F)(F)F)cc2)c1OCC1CC1. The van der Waals surface area contributed by atoms with Gasteiger partial charge in [-0.05, 0) is 61.1 Å². The molecule has 4 aromatic rings. The summed E-state index contributed by atoms with van der Waals surface area (Å²) in [5.74, 6) is 1.46. The van der Waals surface area contributed by atoms with Crippen LogP contribution in [-0.2, 0) is 0 Å². The fourth-order valence-electron chi connectivity index (χ4n) is 3.91. The van der Waals surface area contributed by atoms with Crippen LogP contribution in [-0.4, -0.2) is 29.0 Å². The van der Waals surface area contributed by atoms with E-state index in [9.17, 15) is 18.0 Å². The van der Waals surface area contributed by atoms with Crippen molar-refractivity contribution in [3.05, 3.63) is 75.7 Å².